The van der Waals surface area contributed by atoms with Gasteiger partial charge in [-0.05, 0) is 30.5 Å². The van der Waals surface area contributed by atoms with Gasteiger partial charge in [0.25, 0.3) is 0 Å². The molecule has 0 amide bonds. The SMILES string of the molecule is COCCN(CCBr)Cc1c(C)cccc1C. The second-order valence-electron chi connectivity index (χ2n) is 4.33. The van der Waals surface area contributed by atoms with Crippen molar-refractivity contribution in [2.45, 2.75) is 20.4 Å². The van der Waals surface area contributed by atoms with Crippen molar-refractivity contribution in [3.8, 4) is 0 Å². The van der Waals surface area contributed by atoms with Crippen LogP contribution in [0.1, 0.15) is 16.7 Å². The van der Waals surface area contributed by atoms with Gasteiger partial charge in [-0.1, -0.05) is 34.1 Å². The third-order valence-corrected chi connectivity index (χ3v) is 3.39. The van der Waals surface area contributed by atoms with Gasteiger partial charge < -0.3 is 4.74 Å². The maximum absolute atomic E-state index is 5.16. The molecule has 0 saturated carbocycles. The molecule has 3 heteroatoms. The smallest absolute Gasteiger partial charge is 0.0589 e. The van der Waals surface area contributed by atoms with Gasteiger partial charge in [-0.3, -0.25) is 4.90 Å². The number of hydrogen-bond acceptors (Lipinski definition) is 2. The largest absolute Gasteiger partial charge is 0.383 e. The minimum Gasteiger partial charge on any atom is -0.383 e. The van der Waals surface area contributed by atoms with Crippen LogP contribution in [-0.2, 0) is 11.3 Å². The van der Waals surface area contributed by atoms with E-state index in [9.17, 15) is 0 Å². The van der Waals surface area contributed by atoms with Crippen LogP contribution in [0.15, 0.2) is 18.2 Å². The summed E-state index contributed by atoms with van der Waals surface area (Å²) < 4.78 is 5.16. The van der Waals surface area contributed by atoms with Crippen molar-refractivity contribution < 1.29 is 4.74 Å². The summed E-state index contributed by atoms with van der Waals surface area (Å²) in [7, 11) is 1.76. The van der Waals surface area contributed by atoms with E-state index in [1.165, 1.54) is 16.7 Å². The minimum absolute atomic E-state index is 0.790. The van der Waals surface area contributed by atoms with Gasteiger partial charge in [0.2, 0.25) is 0 Å². The Morgan fingerprint density at radius 2 is 1.82 bits per heavy atom. The van der Waals surface area contributed by atoms with Crippen molar-refractivity contribution in [2.75, 3.05) is 32.1 Å². The Morgan fingerprint density at radius 1 is 1.18 bits per heavy atom. The molecule has 0 N–H and O–H groups in total. The number of benzene rings is 1. The molecule has 1 aromatic rings. The van der Waals surface area contributed by atoms with E-state index in [0.717, 1.165) is 31.6 Å². The number of aryl methyl sites for hydroxylation is 2. The van der Waals surface area contributed by atoms with E-state index in [2.05, 4.69) is 52.9 Å². The van der Waals surface area contributed by atoms with Gasteiger partial charge in [0, 0.05) is 32.1 Å². The first-order chi connectivity index (χ1) is 8.19. The molecule has 1 rings (SSSR count). The summed E-state index contributed by atoms with van der Waals surface area (Å²) in [6.07, 6.45) is 0. The standard InChI is InChI=1S/C14H22BrNO/c1-12-5-4-6-13(2)14(12)11-16(8-7-15)9-10-17-3/h4-6H,7-11H2,1-3H3. The third-order valence-electron chi connectivity index (χ3n) is 3.04. The predicted octanol–water partition coefficient (Wildman–Crippen LogP) is 3.15. The highest BCUT2D eigenvalue weighted by Crippen LogP contribution is 2.15. The second kappa shape index (κ2) is 7.85. The molecule has 0 spiro atoms. The van der Waals surface area contributed by atoms with Crippen molar-refractivity contribution in [1.29, 1.82) is 0 Å². The maximum Gasteiger partial charge on any atom is 0.0589 e. The highest BCUT2D eigenvalue weighted by atomic mass is 79.9. The molecule has 0 atom stereocenters. The van der Waals surface area contributed by atoms with E-state index in [0.29, 0.717) is 0 Å². The summed E-state index contributed by atoms with van der Waals surface area (Å²) >= 11 is 3.51. The highest BCUT2D eigenvalue weighted by Gasteiger charge is 2.08. The average molecular weight is 300 g/mol. The summed E-state index contributed by atoms with van der Waals surface area (Å²) in [5.74, 6) is 0. The molecule has 0 saturated heterocycles. The van der Waals surface area contributed by atoms with Gasteiger partial charge in [-0.25, -0.2) is 0 Å². The molecule has 0 fully saturated rings. The number of rotatable bonds is 7. The number of nitrogens with zero attached hydrogens (tertiary/aromatic N) is 1. The van der Waals surface area contributed by atoms with E-state index < -0.39 is 0 Å². The van der Waals surface area contributed by atoms with Crippen molar-refractivity contribution >= 4 is 15.9 Å². The van der Waals surface area contributed by atoms with Crippen LogP contribution in [0.25, 0.3) is 0 Å². The zero-order valence-corrected chi connectivity index (χ0v) is 12.6. The highest BCUT2D eigenvalue weighted by molar-refractivity contribution is 9.09. The van der Waals surface area contributed by atoms with Crippen LogP contribution >= 0.6 is 15.9 Å². The zero-order chi connectivity index (χ0) is 12.7. The average Bonchev–Trinajstić information content (AvgIpc) is 2.31. The fourth-order valence-electron chi connectivity index (χ4n) is 1.93. The van der Waals surface area contributed by atoms with Crippen LogP contribution in [0.2, 0.25) is 0 Å². The molecule has 96 valence electrons. The summed E-state index contributed by atoms with van der Waals surface area (Å²) in [4.78, 5) is 2.42. The minimum atomic E-state index is 0.790. The van der Waals surface area contributed by atoms with Crippen LogP contribution in [0.3, 0.4) is 0 Å². The molecule has 0 aliphatic rings. The molecular weight excluding hydrogens is 278 g/mol. The van der Waals surface area contributed by atoms with Gasteiger partial charge in [-0.2, -0.15) is 0 Å². The zero-order valence-electron chi connectivity index (χ0n) is 11.0. The van der Waals surface area contributed by atoms with E-state index in [1.807, 2.05) is 0 Å². The Labute approximate surface area is 113 Å². The molecular formula is C14H22BrNO. The lowest BCUT2D eigenvalue weighted by molar-refractivity contribution is 0.148. The number of ether oxygens (including phenoxy) is 1. The molecule has 0 aliphatic carbocycles. The Balaban J connectivity index is 2.70. The molecule has 17 heavy (non-hydrogen) atoms. The summed E-state index contributed by atoms with van der Waals surface area (Å²) in [5.41, 5.74) is 4.20. The summed E-state index contributed by atoms with van der Waals surface area (Å²) in [5, 5.41) is 1.00. The van der Waals surface area contributed by atoms with Crippen LogP contribution in [-0.4, -0.2) is 37.0 Å². The second-order valence-corrected chi connectivity index (χ2v) is 5.12. The fourth-order valence-corrected chi connectivity index (χ4v) is 2.43. The van der Waals surface area contributed by atoms with Crippen LogP contribution in [0.5, 0.6) is 0 Å². The predicted molar refractivity (Wildman–Crippen MR) is 76.9 cm³/mol. The van der Waals surface area contributed by atoms with Crippen molar-refractivity contribution in [3.05, 3.63) is 34.9 Å². The Morgan fingerprint density at radius 3 is 2.35 bits per heavy atom. The van der Waals surface area contributed by atoms with Gasteiger partial charge in [0.05, 0.1) is 6.61 Å². The molecule has 0 bridgehead atoms. The van der Waals surface area contributed by atoms with E-state index >= 15 is 0 Å². The quantitative estimate of drug-likeness (QED) is 0.717. The van der Waals surface area contributed by atoms with Gasteiger partial charge >= 0.3 is 0 Å². The van der Waals surface area contributed by atoms with Crippen molar-refractivity contribution in [2.24, 2.45) is 0 Å². The molecule has 0 heterocycles. The van der Waals surface area contributed by atoms with Crippen molar-refractivity contribution in [1.82, 2.24) is 4.90 Å². The Hall–Kier alpha value is -0.380. The van der Waals surface area contributed by atoms with Crippen molar-refractivity contribution in [3.63, 3.8) is 0 Å². The lowest BCUT2D eigenvalue weighted by Gasteiger charge is -2.23. The first kappa shape index (κ1) is 14.7. The molecule has 2 nitrogen and oxygen atoms in total. The van der Waals surface area contributed by atoms with Gasteiger partial charge in [0.15, 0.2) is 0 Å². The summed E-state index contributed by atoms with van der Waals surface area (Å²) in [6.45, 7) is 8.20. The van der Waals surface area contributed by atoms with Gasteiger partial charge in [0.1, 0.15) is 0 Å². The number of halogens is 1. The molecule has 0 unspecified atom stereocenters. The van der Waals surface area contributed by atoms with Crippen LogP contribution in [0.4, 0.5) is 0 Å². The fraction of sp³-hybridized carbons (Fsp3) is 0.571. The number of hydrogen-bond donors (Lipinski definition) is 0. The first-order valence-corrected chi connectivity index (χ1v) is 7.13. The Kier molecular flexibility index (Phi) is 6.78. The molecule has 1 aromatic carbocycles. The molecule has 0 aromatic heterocycles. The molecule has 0 aliphatic heterocycles. The number of methoxy groups -OCH3 is 1. The van der Waals surface area contributed by atoms with E-state index in [1.54, 1.807) is 7.11 Å². The molecule has 0 radical (unpaired) electrons. The van der Waals surface area contributed by atoms with Crippen LogP contribution in [0, 0.1) is 13.8 Å². The lowest BCUT2D eigenvalue weighted by Crippen LogP contribution is -2.29. The third kappa shape index (κ3) is 4.78. The lowest BCUT2D eigenvalue weighted by atomic mass is 10.0. The topological polar surface area (TPSA) is 12.5 Å². The Bertz CT molecular complexity index is 321. The normalized spacial score (nSPS) is 11.1. The van der Waals surface area contributed by atoms with Crippen LogP contribution < -0.4 is 0 Å². The maximum atomic E-state index is 5.16. The van der Waals surface area contributed by atoms with Gasteiger partial charge in [-0.15, -0.1) is 0 Å². The monoisotopic (exact) mass is 299 g/mol. The number of alkyl halides is 1. The first-order valence-electron chi connectivity index (χ1n) is 6.01. The summed E-state index contributed by atoms with van der Waals surface area (Å²) in [6, 6.07) is 6.49. The van der Waals surface area contributed by atoms with E-state index in [4.69, 9.17) is 4.74 Å². The van der Waals surface area contributed by atoms with E-state index in [-0.39, 0.29) is 0 Å².